The van der Waals surface area contributed by atoms with E-state index in [-0.39, 0.29) is 41.9 Å². The minimum Gasteiger partial charge on any atom is -0.746 e. The third-order valence-electron chi connectivity index (χ3n) is 4.71. The van der Waals surface area contributed by atoms with E-state index in [0.717, 1.165) is 19.3 Å². The van der Waals surface area contributed by atoms with Crippen molar-refractivity contribution in [2.45, 2.75) is 96.8 Å². The van der Waals surface area contributed by atoms with Crippen LogP contribution in [0.1, 0.15) is 96.8 Å². The number of hydrogen-bond acceptors (Lipinski definition) is 4. The Morgan fingerprint density at radius 2 is 1.18 bits per heavy atom. The summed E-state index contributed by atoms with van der Waals surface area (Å²) in [5, 5.41) is 0. The Labute approximate surface area is 194 Å². The summed E-state index contributed by atoms with van der Waals surface area (Å²) in [6, 6.07) is 8.45. The van der Waals surface area contributed by atoms with E-state index < -0.39 is 7.82 Å². The van der Waals surface area contributed by atoms with Crippen molar-refractivity contribution < 1.29 is 48.1 Å². The summed E-state index contributed by atoms with van der Waals surface area (Å²) in [6.45, 7) is 2.46. The molecule has 0 aromatic heterocycles. The van der Waals surface area contributed by atoms with Crippen LogP contribution in [0, 0.1) is 0 Å². The van der Waals surface area contributed by atoms with E-state index in [0.29, 0.717) is 0 Å². The smallest absolute Gasteiger partial charge is 0.746 e. The molecule has 0 fully saturated rings. The van der Waals surface area contributed by atoms with Crippen LogP contribution in [0.3, 0.4) is 0 Å². The molecule has 156 valence electrons. The van der Waals surface area contributed by atoms with Crippen LogP contribution in [0.15, 0.2) is 30.3 Å². The summed E-state index contributed by atoms with van der Waals surface area (Å²) in [5.41, 5.74) is 0. The molecule has 1 aromatic carbocycles. The Balaban J connectivity index is 0.00000729. The number of benzene rings is 1. The fourth-order valence-electron chi connectivity index (χ4n) is 3.11. The van der Waals surface area contributed by atoms with Crippen LogP contribution in [0.4, 0.5) is 0 Å². The van der Waals surface area contributed by atoms with Gasteiger partial charge in [-0.25, -0.2) is 0 Å². The van der Waals surface area contributed by atoms with Crippen molar-refractivity contribution >= 4 is 7.82 Å². The van der Waals surface area contributed by atoms with Gasteiger partial charge in [0.2, 0.25) is 0 Å². The number of phosphoric acid groups is 1. The van der Waals surface area contributed by atoms with Gasteiger partial charge in [-0.05, 0) is 18.6 Å². The molecule has 1 rings (SSSR count). The minimum absolute atomic E-state index is 0. The topological polar surface area (TPSA) is 58.6 Å². The van der Waals surface area contributed by atoms with Gasteiger partial charge in [-0.3, -0.25) is 4.57 Å². The normalized spacial score (nSPS) is 12.9. The molecule has 0 heterocycles. The summed E-state index contributed by atoms with van der Waals surface area (Å²) in [7, 11) is -4.25. The first-order valence-electron chi connectivity index (χ1n) is 10.8. The van der Waals surface area contributed by atoms with E-state index in [2.05, 4.69) is 6.92 Å². The second-order valence-electron chi connectivity index (χ2n) is 7.28. The van der Waals surface area contributed by atoms with Crippen molar-refractivity contribution in [3.63, 3.8) is 0 Å². The summed E-state index contributed by atoms with van der Waals surface area (Å²) in [6.07, 6.45) is 17.8. The zero-order valence-corrected chi connectivity index (χ0v) is 21.0. The maximum absolute atomic E-state index is 11.7. The van der Waals surface area contributed by atoms with Gasteiger partial charge < -0.3 is 13.9 Å². The Bertz CT molecular complexity index is 499. The van der Waals surface area contributed by atoms with Gasteiger partial charge in [0.15, 0.2) is 0 Å². The molecule has 6 heteroatoms. The fourth-order valence-corrected chi connectivity index (χ4v) is 3.90. The summed E-state index contributed by atoms with van der Waals surface area (Å²) < 4.78 is 21.5. The molecule has 0 aliphatic heterocycles. The molecule has 0 amide bonds. The summed E-state index contributed by atoms with van der Waals surface area (Å²) in [4.78, 5) is 11.7. The van der Waals surface area contributed by atoms with Crippen LogP contribution in [-0.2, 0) is 9.09 Å². The Morgan fingerprint density at radius 1 is 0.750 bits per heavy atom. The van der Waals surface area contributed by atoms with Crippen LogP contribution in [0.25, 0.3) is 0 Å². The Kier molecular flexibility index (Phi) is 19.3. The number of hydrogen-bond donors (Lipinski definition) is 0. The van der Waals surface area contributed by atoms with Gasteiger partial charge >= 0.3 is 37.4 Å². The number of phosphoric ester groups is 1. The predicted octanol–water partition coefficient (Wildman–Crippen LogP) is 4.04. The predicted molar refractivity (Wildman–Crippen MR) is 111 cm³/mol. The first kappa shape index (κ1) is 28.2. The molecule has 0 radical (unpaired) electrons. The molecular weight excluding hydrogens is 382 g/mol. The molecule has 4 nitrogen and oxygen atoms in total. The molecule has 0 saturated heterocycles. The van der Waals surface area contributed by atoms with Gasteiger partial charge in [0, 0.05) is 0 Å². The van der Waals surface area contributed by atoms with Crippen LogP contribution in [0.5, 0.6) is 5.75 Å². The standard InChI is InChI=1S/C22H39O4P.Na/c1-2-3-4-5-6-7-8-9-10-11-12-13-14-18-21-25-27(23,24)26-22-19-16-15-17-20-22;/h15-17,19-20H,2-14,18,21H2,1H3,(H,23,24);/q;+1/p-1. The molecule has 1 atom stereocenters. The van der Waals surface area contributed by atoms with Crippen molar-refractivity contribution in [2.24, 2.45) is 0 Å². The molecule has 1 aromatic rings. The van der Waals surface area contributed by atoms with Gasteiger partial charge in [-0.15, -0.1) is 0 Å². The third kappa shape index (κ3) is 17.1. The summed E-state index contributed by atoms with van der Waals surface area (Å²) in [5.74, 6) is 0.289. The first-order valence-corrected chi connectivity index (χ1v) is 12.3. The zero-order chi connectivity index (χ0) is 19.6. The average Bonchev–Trinajstić information content (AvgIpc) is 2.65. The van der Waals surface area contributed by atoms with Crippen LogP contribution in [-0.4, -0.2) is 6.61 Å². The van der Waals surface area contributed by atoms with Gasteiger partial charge in [0.05, 0.1) is 6.61 Å². The molecule has 0 bridgehead atoms. The number of rotatable bonds is 18. The Morgan fingerprint density at radius 3 is 1.64 bits per heavy atom. The van der Waals surface area contributed by atoms with E-state index in [4.69, 9.17) is 9.05 Å². The largest absolute Gasteiger partial charge is 1.00 e. The SMILES string of the molecule is CCCCCCCCCCCCCCCCOP(=O)([O-])Oc1ccccc1.[Na+]. The van der Waals surface area contributed by atoms with E-state index in [1.54, 1.807) is 30.3 Å². The van der Waals surface area contributed by atoms with Gasteiger partial charge in [-0.1, -0.05) is 109 Å². The molecule has 0 spiro atoms. The molecule has 28 heavy (non-hydrogen) atoms. The molecule has 0 aliphatic carbocycles. The number of unbranched alkanes of at least 4 members (excludes halogenated alkanes) is 13. The molecular formula is C22H38NaO4P. The third-order valence-corrected chi connectivity index (χ3v) is 5.64. The fraction of sp³-hybridized carbons (Fsp3) is 0.727. The maximum Gasteiger partial charge on any atom is 1.00 e. The van der Waals surface area contributed by atoms with E-state index in [1.807, 2.05) is 0 Å². The quantitative estimate of drug-likeness (QED) is 0.204. The van der Waals surface area contributed by atoms with Crippen LogP contribution < -0.4 is 39.0 Å². The van der Waals surface area contributed by atoms with Crippen molar-refractivity contribution in [1.29, 1.82) is 0 Å². The van der Waals surface area contributed by atoms with Gasteiger partial charge in [-0.2, -0.15) is 0 Å². The van der Waals surface area contributed by atoms with Crippen LogP contribution >= 0.6 is 7.82 Å². The van der Waals surface area contributed by atoms with Crippen molar-refractivity contribution in [3.05, 3.63) is 30.3 Å². The van der Waals surface area contributed by atoms with Crippen LogP contribution in [0.2, 0.25) is 0 Å². The Hall–Kier alpha value is 0.170. The maximum atomic E-state index is 11.7. The van der Waals surface area contributed by atoms with Crippen molar-refractivity contribution in [3.8, 4) is 5.75 Å². The van der Waals surface area contributed by atoms with Gasteiger partial charge in [0.1, 0.15) is 5.75 Å². The minimum atomic E-state index is -4.25. The van der Waals surface area contributed by atoms with Gasteiger partial charge in [0.25, 0.3) is 0 Å². The molecule has 0 aliphatic rings. The van der Waals surface area contributed by atoms with Crippen molar-refractivity contribution in [2.75, 3.05) is 6.61 Å². The summed E-state index contributed by atoms with van der Waals surface area (Å²) >= 11 is 0. The second-order valence-corrected chi connectivity index (χ2v) is 8.62. The molecule has 0 N–H and O–H groups in total. The average molecular weight is 421 g/mol. The molecule has 0 saturated carbocycles. The number of para-hydroxylation sites is 1. The second kappa shape index (κ2) is 19.2. The van der Waals surface area contributed by atoms with E-state index in [9.17, 15) is 9.46 Å². The van der Waals surface area contributed by atoms with E-state index >= 15 is 0 Å². The van der Waals surface area contributed by atoms with E-state index in [1.165, 1.54) is 70.6 Å². The molecule has 1 unspecified atom stereocenters. The first-order chi connectivity index (χ1) is 13.1. The zero-order valence-electron chi connectivity index (χ0n) is 18.1. The monoisotopic (exact) mass is 420 g/mol. The van der Waals surface area contributed by atoms with Crippen molar-refractivity contribution in [1.82, 2.24) is 0 Å².